The van der Waals surface area contributed by atoms with Crippen LogP contribution in [0.4, 0.5) is 0 Å². The third-order valence-corrected chi connectivity index (χ3v) is 10.1. The molecule has 0 radical (unpaired) electrons. The van der Waals surface area contributed by atoms with E-state index in [9.17, 15) is 10.2 Å². The van der Waals surface area contributed by atoms with E-state index < -0.39 is 12.2 Å². The third kappa shape index (κ3) is 3.47. The van der Waals surface area contributed by atoms with Crippen LogP contribution in [0.5, 0.6) is 0 Å². The van der Waals surface area contributed by atoms with E-state index in [0.29, 0.717) is 11.3 Å². The highest BCUT2D eigenvalue weighted by atomic mass is 16.3. The quantitative estimate of drug-likeness (QED) is 0.545. The Balaban J connectivity index is 1.53. The summed E-state index contributed by atoms with van der Waals surface area (Å²) >= 11 is 0. The highest BCUT2D eigenvalue weighted by Gasteiger charge is 2.60. The normalized spacial score (nSPS) is 47.5. The van der Waals surface area contributed by atoms with E-state index in [2.05, 4.69) is 46.8 Å². The minimum atomic E-state index is -0.630. The van der Waals surface area contributed by atoms with E-state index in [-0.39, 0.29) is 5.41 Å². The molecule has 29 heavy (non-hydrogen) atoms. The Morgan fingerprint density at radius 2 is 1.86 bits per heavy atom. The molecular weight excluding hydrogens is 356 g/mol. The van der Waals surface area contributed by atoms with Gasteiger partial charge in [-0.05, 0) is 118 Å². The van der Waals surface area contributed by atoms with Gasteiger partial charge < -0.3 is 10.2 Å². The zero-order valence-electron chi connectivity index (χ0n) is 19.5. The molecule has 0 amide bonds. The maximum absolute atomic E-state index is 10.7. The average molecular weight is 401 g/mol. The Labute approximate surface area is 178 Å². The summed E-state index contributed by atoms with van der Waals surface area (Å²) in [6, 6.07) is 0. The second-order valence-corrected chi connectivity index (χ2v) is 11.8. The molecule has 2 nitrogen and oxygen atoms in total. The molecule has 0 spiro atoms. The minimum absolute atomic E-state index is 0.107. The molecule has 0 aliphatic heterocycles. The van der Waals surface area contributed by atoms with Crippen molar-refractivity contribution >= 4 is 0 Å². The van der Waals surface area contributed by atoms with Crippen molar-refractivity contribution in [2.24, 2.45) is 40.4 Å². The smallest absolute Gasteiger partial charge is 0.101 e. The fraction of sp³-hybridized carbons (Fsp3) is 0.852. The Kier molecular flexibility index (Phi) is 5.84. The molecule has 9 atom stereocenters. The Morgan fingerprint density at radius 1 is 1.10 bits per heavy atom. The lowest BCUT2D eigenvalue weighted by atomic mass is 9.46. The maximum Gasteiger partial charge on any atom is 0.101 e. The Bertz CT molecular complexity index is 674. The maximum atomic E-state index is 10.7. The van der Waals surface area contributed by atoms with Crippen LogP contribution in [0.25, 0.3) is 0 Å². The van der Waals surface area contributed by atoms with E-state index >= 15 is 0 Å². The number of aliphatic hydroxyl groups is 2. The molecule has 3 saturated carbocycles. The van der Waals surface area contributed by atoms with Gasteiger partial charge in [0.1, 0.15) is 6.10 Å². The van der Waals surface area contributed by atoms with E-state index in [1.807, 2.05) is 0 Å². The number of hydrogen-bond donors (Lipinski definition) is 2. The highest BCUT2D eigenvalue weighted by Crippen LogP contribution is 2.67. The fourth-order valence-electron chi connectivity index (χ4n) is 8.53. The summed E-state index contributed by atoms with van der Waals surface area (Å²) < 4.78 is 0. The van der Waals surface area contributed by atoms with Crippen molar-refractivity contribution in [1.82, 2.24) is 0 Å². The molecule has 2 heteroatoms. The first-order valence-corrected chi connectivity index (χ1v) is 12.4. The summed E-state index contributed by atoms with van der Waals surface area (Å²) in [7, 11) is 0. The molecular formula is C27H44O2. The van der Waals surface area contributed by atoms with E-state index in [0.717, 1.165) is 42.9 Å². The molecule has 4 aliphatic rings. The van der Waals surface area contributed by atoms with E-state index in [1.54, 1.807) is 0 Å². The first-order valence-electron chi connectivity index (χ1n) is 12.4. The summed E-state index contributed by atoms with van der Waals surface area (Å²) in [5.41, 5.74) is 3.23. The molecule has 0 heterocycles. The number of hydrogen-bond acceptors (Lipinski definition) is 2. The van der Waals surface area contributed by atoms with Crippen molar-refractivity contribution in [3.8, 4) is 0 Å². The Morgan fingerprint density at radius 3 is 2.59 bits per heavy atom. The van der Waals surface area contributed by atoms with Crippen molar-refractivity contribution in [3.05, 3.63) is 23.3 Å². The summed E-state index contributed by atoms with van der Waals surface area (Å²) in [4.78, 5) is 0. The molecule has 0 aromatic heterocycles. The van der Waals surface area contributed by atoms with Crippen molar-refractivity contribution in [1.29, 1.82) is 0 Å². The van der Waals surface area contributed by atoms with Crippen molar-refractivity contribution in [2.75, 3.05) is 0 Å². The zero-order chi connectivity index (χ0) is 21.0. The van der Waals surface area contributed by atoms with Crippen LogP contribution >= 0.6 is 0 Å². The van der Waals surface area contributed by atoms with Gasteiger partial charge in [-0.2, -0.15) is 0 Å². The van der Waals surface area contributed by atoms with Crippen LogP contribution in [0.2, 0.25) is 0 Å². The molecule has 4 aliphatic carbocycles. The molecule has 0 aromatic rings. The van der Waals surface area contributed by atoms with Gasteiger partial charge in [-0.1, -0.05) is 38.5 Å². The van der Waals surface area contributed by atoms with Gasteiger partial charge in [-0.25, -0.2) is 0 Å². The number of allylic oxidation sites excluding steroid dienone is 3. The van der Waals surface area contributed by atoms with Gasteiger partial charge in [-0.15, -0.1) is 0 Å². The van der Waals surface area contributed by atoms with Crippen LogP contribution in [0.3, 0.4) is 0 Å². The summed E-state index contributed by atoms with van der Waals surface area (Å²) in [6.45, 7) is 12.0. The molecule has 2 N–H and O–H groups in total. The first-order chi connectivity index (χ1) is 13.7. The molecule has 1 unspecified atom stereocenters. The predicted molar refractivity (Wildman–Crippen MR) is 120 cm³/mol. The Hall–Kier alpha value is -0.600. The second-order valence-electron chi connectivity index (χ2n) is 11.8. The molecule has 0 aromatic carbocycles. The SMILES string of the molecule is CC(C)=CCC[C@@H](C)[C@H]1CC[C@H]2[C@@H]3CC=C4[C@H](O)C(O)CC[C@]4(C)[C@H]3CC[C@]12C. The topological polar surface area (TPSA) is 40.5 Å². The van der Waals surface area contributed by atoms with Crippen molar-refractivity contribution in [3.63, 3.8) is 0 Å². The molecule has 3 fully saturated rings. The van der Waals surface area contributed by atoms with Crippen LogP contribution in [-0.4, -0.2) is 22.4 Å². The third-order valence-electron chi connectivity index (χ3n) is 10.1. The summed E-state index contributed by atoms with van der Waals surface area (Å²) in [5, 5.41) is 20.9. The van der Waals surface area contributed by atoms with Crippen LogP contribution in [-0.2, 0) is 0 Å². The molecule has 164 valence electrons. The van der Waals surface area contributed by atoms with Crippen LogP contribution in [0, 0.1) is 40.4 Å². The molecule has 4 rings (SSSR count). The van der Waals surface area contributed by atoms with Gasteiger partial charge in [0.15, 0.2) is 0 Å². The lowest BCUT2D eigenvalue weighted by molar-refractivity contribution is -0.0800. The summed E-state index contributed by atoms with van der Waals surface area (Å²) in [6.07, 6.45) is 14.6. The standard InChI is InChI=1S/C27H44O2/c1-17(2)7-6-8-18(3)20-11-12-21-19-9-10-23-25(29)24(28)14-16-27(23,5)22(19)13-15-26(20,21)4/h7,10,18-22,24-25,28-29H,6,8-9,11-16H2,1-5H3/t18-,19+,20-,21+,22+,24?,25+,26-,27-/m1/s1. The zero-order valence-corrected chi connectivity index (χ0v) is 19.5. The van der Waals surface area contributed by atoms with Gasteiger partial charge in [0.05, 0.1) is 6.10 Å². The fourth-order valence-corrected chi connectivity index (χ4v) is 8.53. The number of rotatable bonds is 4. The van der Waals surface area contributed by atoms with Crippen LogP contribution < -0.4 is 0 Å². The second kappa shape index (κ2) is 7.83. The van der Waals surface area contributed by atoms with Gasteiger partial charge in [0, 0.05) is 0 Å². The van der Waals surface area contributed by atoms with Gasteiger partial charge in [0.2, 0.25) is 0 Å². The predicted octanol–water partition coefficient (Wildman–Crippen LogP) is 6.28. The number of aliphatic hydroxyl groups excluding tert-OH is 2. The number of fused-ring (bicyclic) bond motifs is 5. The lowest BCUT2D eigenvalue weighted by Crippen LogP contribution is -2.53. The average Bonchev–Trinajstić information content (AvgIpc) is 3.02. The molecule has 0 bridgehead atoms. The minimum Gasteiger partial charge on any atom is -0.390 e. The highest BCUT2D eigenvalue weighted by molar-refractivity contribution is 5.29. The van der Waals surface area contributed by atoms with Gasteiger partial charge >= 0.3 is 0 Å². The van der Waals surface area contributed by atoms with Crippen molar-refractivity contribution < 1.29 is 10.2 Å². The first kappa shape index (κ1) is 21.6. The van der Waals surface area contributed by atoms with Gasteiger partial charge in [0.25, 0.3) is 0 Å². The lowest BCUT2D eigenvalue weighted by Gasteiger charge is -2.59. The largest absolute Gasteiger partial charge is 0.390 e. The van der Waals surface area contributed by atoms with E-state index in [1.165, 1.54) is 49.7 Å². The summed E-state index contributed by atoms with van der Waals surface area (Å²) in [5.74, 6) is 4.00. The van der Waals surface area contributed by atoms with Crippen LogP contribution in [0.1, 0.15) is 92.4 Å². The van der Waals surface area contributed by atoms with Crippen LogP contribution in [0.15, 0.2) is 23.3 Å². The van der Waals surface area contributed by atoms with E-state index in [4.69, 9.17) is 0 Å². The molecule has 0 saturated heterocycles. The monoisotopic (exact) mass is 400 g/mol. The van der Waals surface area contributed by atoms with Crippen molar-refractivity contribution in [2.45, 2.75) is 105 Å². The van der Waals surface area contributed by atoms with Gasteiger partial charge in [-0.3, -0.25) is 0 Å².